The van der Waals surface area contributed by atoms with Gasteiger partial charge in [-0.3, -0.25) is 10.1 Å². The van der Waals surface area contributed by atoms with Crippen LogP contribution in [0.1, 0.15) is 0 Å². The summed E-state index contributed by atoms with van der Waals surface area (Å²) in [6.45, 7) is -2.85. The maximum atomic E-state index is 13.0. The number of rotatable bonds is 7. The fourth-order valence-corrected chi connectivity index (χ4v) is 2.98. The summed E-state index contributed by atoms with van der Waals surface area (Å²) < 4.78 is 39.0. The number of nitro groups is 1. The molecule has 11 heteroatoms. The lowest BCUT2D eigenvalue weighted by atomic mass is 10.1. The molecule has 1 aromatic rings. The molecule has 21 heavy (non-hydrogen) atoms. The summed E-state index contributed by atoms with van der Waals surface area (Å²) in [5.41, 5.74) is -3.01. The predicted molar refractivity (Wildman–Crippen MR) is 67.4 cm³/mol. The van der Waals surface area contributed by atoms with Gasteiger partial charge >= 0.3 is 0 Å². The van der Waals surface area contributed by atoms with E-state index >= 15 is 0 Å². The number of nitro benzene ring substituents is 1. The molecule has 0 aliphatic rings. The molecule has 1 rings (SSSR count). The molecule has 0 spiro atoms. The van der Waals surface area contributed by atoms with E-state index in [1.165, 1.54) is 0 Å². The highest BCUT2D eigenvalue weighted by molar-refractivity contribution is 7.89. The Balaban J connectivity index is 3.35. The molecule has 0 saturated heterocycles. The second kappa shape index (κ2) is 6.41. The third kappa shape index (κ3) is 3.71. The van der Waals surface area contributed by atoms with Gasteiger partial charge in [0.2, 0.25) is 10.0 Å². The minimum atomic E-state index is -4.58. The zero-order chi connectivity index (χ0) is 16.3. The molecule has 0 aromatic heterocycles. The number of hydrogen-bond acceptors (Lipinski definition) is 7. The van der Waals surface area contributed by atoms with Crippen molar-refractivity contribution in [1.82, 2.24) is 4.72 Å². The summed E-state index contributed by atoms with van der Waals surface area (Å²) >= 11 is 0. The van der Waals surface area contributed by atoms with Crippen LogP contribution in [0.25, 0.3) is 0 Å². The molecule has 0 atom stereocenters. The van der Waals surface area contributed by atoms with Crippen LogP contribution in [0.2, 0.25) is 0 Å². The van der Waals surface area contributed by atoms with Crippen LogP contribution in [0.3, 0.4) is 0 Å². The Morgan fingerprint density at radius 1 is 1.24 bits per heavy atom. The van der Waals surface area contributed by atoms with Crippen LogP contribution in [-0.2, 0) is 10.0 Å². The lowest BCUT2D eigenvalue weighted by molar-refractivity contribution is -0.388. The number of hydrogen-bond donors (Lipinski definition) is 4. The third-order valence-electron chi connectivity index (χ3n) is 2.67. The van der Waals surface area contributed by atoms with Crippen LogP contribution >= 0.6 is 0 Å². The van der Waals surface area contributed by atoms with E-state index in [-0.39, 0.29) is 0 Å². The third-order valence-corrected chi connectivity index (χ3v) is 4.29. The van der Waals surface area contributed by atoms with Crippen molar-refractivity contribution < 1.29 is 33.1 Å². The van der Waals surface area contributed by atoms with E-state index in [0.717, 1.165) is 0 Å². The van der Waals surface area contributed by atoms with Crippen molar-refractivity contribution in [1.29, 1.82) is 0 Å². The van der Waals surface area contributed by atoms with Crippen LogP contribution in [0, 0.1) is 15.9 Å². The number of aliphatic hydroxyl groups is 3. The monoisotopic (exact) mass is 324 g/mol. The lowest BCUT2D eigenvalue weighted by Gasteiger charge is -2.28. The Bertz CT molecular complexity index is 622. The number of halogens is 1. The van der Waals surface area contributed by atoms with Crippen molar-refractivity contribution in [3.05, 3.63) is 34.1 Å². The summed E-state index contributed by atoms with van der Waals surface area (Å²) in [6, 6.07) is 1.81. The fourth-order valence-electron chi connectivity index (χ4n) is 1.45. The quantitative estimate of drug-likeness (QED) is 0.360. The topological polar surface area (TPSA) is 150 Å². The molecule has 0 amide bonds. The van der Waals surface area contributed by atoms with E-state index in [9.17, 15) is 22.9 Å². The lowest BCUT2D eigenvalue weighted by Crippen LogP contribution is -2.56. The Hall–Kier alpha value is -1.66. The van der Waals surface area contributed by atoms with Gasteiger partial charge in [-0.15, -0.1) is 0 Å². The maximum absolute atomic E-state index is 13.0. The first-order valence-electron chi connectivity index (χ1n) is 5.52. The van der Waals surface area contributed by atoms with E-state index in [0.29, 0.717) is 18.2 Å². The van der Waals surface area contributed by atoms with E-state index < -0.39 is 56.7 Å². The Labute approximate surface area is 118 Å². The summed E-state index contributed by atoms with van der Waals surface area (Å²) in [5, 5.41) is 38.0. The molecule has 0 aliphatic carbocycles. The largest absolute Gasteiger partial charge is 0.394 e. The first-order valence-corrected chi connectivity index (χ1v) is 7.00. The molecule has 0 radical (unpaired) electrons. The van der Waals surface area contributed by atoms with Crippen LogP contribution < -0.4 is 4.72 Å². The molecular formula is C10H13FN2O7S. The highest BCUT2D eigenvalue weighted by Crippen LogP contribution is 2.25. The zero-order valence-corrected chi connectivity index (χ0v) is 11.4. The zero-order valence-electron chi connectivity index (χ0n) is 10.6. The first-order chi connectivity index (χ1) is 9.71. The number of sulfonamides is 1. The number of aliphatic hydroxyl groups excluding tert-OH is 3. The standard InChI is InChI=1S/C10H13FN2O7S/c11-7-1-2-9(8(3-7)13(17)18)21(19,20)12-10(4-14,5-15)6-16/h1-3,12,14-16H,4-6H2. The molecule has 4 N–H and O–H groups in total. The fraction of sp³-hybridized carbons (Fsp3) is 0.400. The van der Waals surface area contributed by atoms with Crippen molar-refractivity contribution in [2.45, 2.75) is 10.4 Å². The van der Waals surface area contributed by atoms with E-state index in [1.807, 2.05) is 0 Å². The Morgan fingerprint density at radius 2 is 1.76 bits per heavy atom. The van der Waals surface area contributed by atoms with E-state index in [1.54, 1.807) is 4.72 Å². The van der Waals surface area contributed by atoms with Gasteiger partial charge in [0.15, 0.2) is 4.90 Å². The summed E-state index contributed by atoms with van der Waals surface area (Å²) in [7, 11) is -4.58. The average molecular weight is 324 g/mol. The smallest absolute Gasteiger partial charge is 0.292 e. The second-order valence-corrected chi connectivity index (χ2v) is 5.88. The molecule has 118 valence electrons. The Kier molecular flexibility index (Phi) is 5.31. The highest BCUT2D eigenvalue weighted by Gasteiger charge is 2.36. The molecule has 0 saturated carbocycles. The van der Waals surface area contributed by atoms with Crippen molar-refractivity contribution in [3.8, 4) is 0 Å². The molecule has 0 aliphatic heterocycles. The van der Waals surface area contributed by atoms with Gasteiger partial charge in [-0.25, -0.2) is 12.8 Å². The molecule has 0 unspecified atom stereocenters. The summed E-state index contributed by atoms with van der Waals surface area (Å²) in [4.78, 5) is 8.85. The van der Waals surface area contributed by atoms with Crippen molar-refractivity contribution in [3.63, 3.8) is 0 Å². The van der Waals surface area contributed by atoms with Crippen LogP contribution in [-0.4, -0.2) is 54.0 Å². The summed E-state index contributed by atoms with van der Waals surface area (Å²) in [5.74, 6) is -1.00. The Morgan fingerprint density at radius 3 is 2.19 bits per heavy atom. The second-order valence-electron chi connectivity index (χ2n) is 4.23. The summed E-state index contributed by atoms with van der Waals surface area (Å²) in [6.07, 6.45) is 0. The number of benzene rings is 1. The predicted octanol–water partition coefficient (Wildman–Crippen LogP) is -1.27. The van der Waals surface area contributed by atoms with Crippen molar-refractivity contribution in [2.24, 2.45) is 0 Å². The van der Waals surface area contributed by atoms with Gasteiger partial charge in [-0.2, -0.15) is 4.72 Å². The minimum absolute atomic E-state index is 0.424. The van der Waals surface area contributed by atoms with Crippen molar-refractivity contribution in [2.75, 3.05) is 19.8 Å². The number of nitrogens with zero attached hydrogens (tertiary/aromatic N) is 1. The van der Waals surface area contributed by atoms with Crippen LogP contribution in [0.5, 0.6) is 0 Å². The normalized spacial score (nSPS) is 12.4. The minimum Gasteiger partial charge on any atom is -0.394 e. The molecule has 0 heterocycles. The van der Waals surface area contributed by atoms with Gasteiger partial charge in [-0.05, 0) is 12.1 Å². The van der Waals surface area contributed by atoms with Crippen LogP contribution in [0.15, 0.2) is 23.1 Å². The molecule has 9 nitrogen and oxygen atoms in total. The molecule has 0 bridgehead atoms. The highest BCUT2D eigenvalue weighted by atomic mass is 32.2. The van der Waals surface area contributed by atoms with Gasteiger partial charge < -0.3 is 15.3 Å². The SMILES string of the molecule is O=[N+]([O-])c1cc(F)ccc1S(=O)(=O)NC(CO)(CO)CO. The number of nitrogens with one attached hydrogen (secondary N) is 1. The first kappa shape index (κ1) is 17.4. The molecular weight excluding hydrogens is 311 g/mol. The van der Waals surface area contributed by atoms with Gasteiger partial charge in [0.25, 0.3) is 5.69 Å². The van der Waals surface area contributed by atoms with Gasteiger partial charge in [0.1, 0.15) is 11.4 Å². The van der Waals surface area contributed by atoms with E-state index in [2.05, 4.69) is 0 Å². The van der Waals surface area contributed by atoms with Gasteiger partial charge in [0, 0.05) is 0 Å². The van der Waals surface area contributed by atoms with Crippen molar-refractivity contribution >= 4 is 15.7 Å². The van der Waals surface area contributed by atoms with E-state index in [4.69, 9.17) is 15.3 Å². The van der Waals surface area contributed by atoms with Gasteiger partial charge in [0.05, 0.1) is 30.8 Å². The molecule has 1 aromatic carbocycles. The van der Waals surface area contributed by atoms with Crippen LogP contribution in [0.4, 0.5) is 10.1 Å². The molecule has 0 fully saturated rings. The average Bonchev–Trinajstić information content (AvgIpc) is 2.44. The maximum Gasteiger partial charge on any atom is 0.292 e. The van der Waals surface area contributed by atoms with Gasteiger partial charge in [-0.1, -0.05) is 0 Å².